The van der Waals surface area contributed by atoms with Crippen LogP contribution in [0, 0.1) is 6.92 Å². The predicted octanol–water partition coefficient (Wildman–Crippen LogP) is 1.92. The van der Waals surface area contributed by atoms with E-state index in [0.717, 1.165) is 5.56 Å². The number of aryl methyl sites for hydroxylation is 1. The molecule has 0 aliphatic carbocycles. The molecule has 29 heavy (non-hydrogen) atoms. The average molecular weight is 394 g/mol. The summed E-state index contributed by atoms with van der Waals surface area (Å²) in [6, 6.07) is 13.8. The Kier molecular flexibility index (Phi) is 5.98. The molecule has 1 heterocycles. The second kappa shape index (κ2) is 8.79. The molecule has 3 aromatic rings. The highest BCUT2D eigenvalue weighted by Gasteiger charge is 2.17. The molecule has 0 radical (unpaired) electrons. The Morgan fingerprint density at radius 2 is 1.83 bits per heavy atom. The van der Waals surface area contributed by atoms with Crippen molar-refractivity contribution >= 4 is 23.5 Å². The third kappa shape index (κ3) is 5.25. The molecule has 0 atom stereocenters. The summed E-state index contributed by atoms with van der Waals surface area (Å²) in [6.07, 6.45) is 0.484. The summed E-state index contributed by atoms with van der Waals surface area (Å²) in [5.74, 6) is -2.34. The number of carboxylic acid groups (broad SMARTS) is 1. The van der Waals surface area contributed by atoms with E-state index in [9.17, 15) is 14.4 Å². The average Bonchev–Trinajstić information content (AvgIpc) is 3.15. The molecule has 2 aromatic carbocycles. The fourth-order valence-corrected chi connectivity index (χ4v) is 2.52. The molecule has 148 valence electrons. The van der Waals surface area contributed by atoms with Crippen LogP contribution in [0.1, 0.15) is 33.2 Å². The van der Waals surface area contributed by atoms with Crippen LogP contribution in [-0.4, -0.2) is 33.0 Å². The summed E-state index contributed by atoms with van der Waals surface area (Å²) in [7, 11) is 0. The summed E-state index contributed by atoms with van der Waals surface area (Å²) >= 11 is 0. The first-order valence-electron chi connectivity index (χ1n) is 8.71. The molecule has 1 aromatic heterocycles. The number of carbonyl (C=O) groups is 3. The molecule has 2 amide bonds. The van der Waals surface area contributed by atoms with Gasteiger partial charge in [0.25, 0.3) is 0 Å². The van der Waals surface area contributed by atoms with E-state index < -0.39 is 17.8 Å². The number of hydrogen-bond donors (Lipinski definition) is 3. The van der Waals surface area contributed by atoms with Gasteiger partial charge in [0.1, 0.15) is 0 Å². The zero-order valence-corrected chi connectivity index (χ0v) is 15.5. The van der Waals surface area contributed by atoms with Crippen LogP contribution in [0.3, 0.4) is 0 Å². The molecule has 0 saturated heterocycles. The number of carbonyl (C=O) groups excluding carboxylic acids is 2. The lowest BCUT2D eigenvalue weighted by Gasteiger charge is -2.09. The number of nitrogens with one attached hydrogen (secondary N) is 2. The predicted molar refractivity (Wildman–Crippen MR) is 102 cm³/mol. The molecule has 0 spiro atoms. The number of anilines is 1. The Bertz CT molecular complexity index is 1050. The molecule has 0 fully saturated rings. The van der Waals surface area contributed by atoms with Crippen molar-refractivity contribution in [2.24, 2.45) is 0 Å². The SMILES string of the molecule is Cc1ccc(C(=O)O)cc1NC(=O)C(=O)NCc1nc(Cc2ccccc2)no1. The minimum absolute atomic E-state index is 0.00288. The van der Waals surface area contributed by atoms with Crippen molar-refractivity contribution in [1.82, 2.24) is 15.5 Å². The van der Waals surface area contributed by atoms with Crippen LogP contribution < -0.4 is 10.6 Å². The van der Waals surface area contributed by atoms with Crippen LogP contribution in [0.4, 0.5) is 5.69 Å². The summed E-state index contributed by atoms with van der Waals surface area (Å²) in [5, 5.41) is 17.7. The third-order valence-corrected chi connectivity index (χ3v) is 4.05. The van der Waals surface area contributed by atoms with E-state index in [1.165, 1.54) is 12.1 Å². The number of aromatic nitrogens is 2. The zero-order valence-electron chi connectivity index (χ0n) is 15.5. The zero-order chi connectivity index (χ0) is 20.8. The van der Waals surface area contributed by atoms with Crippen molar-refractivity contribution in [3.63, 3.8) is 0 Å². The van der Waals surface area contributed by atoms with Gasteiger partial charge in [-0.05, 0) is 30.2 Å². The van der Waals surface area contributed by atoms with Crippen molar-refractivity contribution in [1.29, 1.82) is 0 Å². The topological polar surface area (TPSA) is 134 Å². The highest BCUT2D eigenvalue weighted by atomic mass is 16.5. The van der Waals surface area contributed by atoms with Gasteiger partial charge in [-0.1, -0.05) is 41.6 Å². The van der Waals surface area contributed by atoms with Gasteiger partial charge in [0.15, 0.2) is 5.82 Å². The van der Waals surface area contributed by atoms with E-state index in [2.05, 4.69) is 20.8 Å². The quantitative estimate of drug-likeness (QED) is 0.544. The number of carboxylic acids is 1. The largest absolute Gasteiger partial charge is 0.478 e. The third-order valence-electron chi connectivity index (χ3n) is 4.05. The van der Waals surface area contributed by atoms with Gasteiger partial charge >= 0.3 is 17.8 Å². The number of benzene rings is 2. The molecule has 9 heteroatoms. The molecule has 3 N–H and O–H groups in total. The van der Waals surface area contributed by atoms with E-state index in [0.29, 0.717) is 17.8 Å². The normalized spacial score (nSPS) is 10.4. The van der Waals surface area contributed by atoms with Gasteiger partial charge in [0, 0.05) is 12.1 Å². The van der Waals surface area contributed by atoms with Crippen molar-refractivity contribution < 1.29 is 24.0 Å². The Balaban J connectivity index is 1.55. The Morgan fingerprint density at radius 1 is 1.07 bits per heavy atom. The minimum Gasteiger partial charge on any atom is -0.478 e. The molecule has 0 bridgehead atoms. The van der Waals surface area contributed by atoms with Gasteiger partial charge in [-0.3, -0.25) is 9.59 Å². The van der Waals surface area contributed by atoms with E-state index in [1.54, 1.807) is 13.0 Å². The Hall–Kier alpha value is -4.01. The van der Waals surface area contributed by atoms with Gasteiger partial charge in [-0.2, -0.15) is 4.98 Å². The Labute approximate surface area is 165 Å². The number of amides is 2. The lowest BCUT2D eigenvalue weighted by Crippen LogP contribution is -2.35. The minimum atomic E-state index is -1.13. The molecule has 0 aliphatic heterocycles. The highest BCUT2D eigenvalue weighted by molar-refractivity contribution is 6.39. The van der Waals surface area contributed by atoms with Crippen LogP contribution >= 0.6 is 0 Å². The second-order valence-electron chi connectivity index (χ2n) is 6.24. The fourth-order valence-electron chi connectivity index (χ4n) is 2.52. The van der Waals surface area contributed by atoms with Crippen molar-refractivity contribution in [3.05, 3.63) is 76.9 Å². The smallest absolute Gasteiger partial charge is 0.335 e. The van der Waals surface area contributed by atoms with E-state index in [4.69, 9.17) is 9.63 Å². The van der Waals surface area contributed by atoms with Crippen molar-refractivity contribution in [2.75, 3.05) is 5.32 Å². The van der Waals surface area contributed by atoms with Crippen molar-refractivity contribution in [2.45, 2.75) is 19.9 Å². The summed E-state index contributed by atoms with van der Waals surface area (Å²) in [5.41, 5.74) is 1.89. The first-order chi connectivity index (χ1) is 13.9. The number of nitrogens with zero attached hydrogens (tertiary/aromatic N) is 2. The summed E-state index contributed by atoms with van der Waals surface area (Å²) in [6.45, 7) is 1.58. The molecule has 9 nitrogen and oxygen atoms in total. The monoisotopic (exact) mass is 394 g/mol. The molecular formula is C20H18N4O5. The fraction of sp³-hybridized carbons (Fsp3) is 0.150. The molecular weight excluding hydrogens is 376 g/mol. The second-order valence-corrected chi connectivity index (χ2v) is 6.24. The van der Waals surface area contributed by atoms with Gasteiger partial charge < -0.3 is 20.3 Å². The standard InChI is InChI=1S/C20H18N4O5/c1-12-7-8-14(20(27)28)10-15(12)22-19(26)18(25)21-11-17-23-16(24-29-17)9-13-5-3-2-4-6-13/h2-8,10H,9,11H2,1H3,(H,21,25)(H,22,26)(H,27,28). The Morgan fingerprint density at radius 3 is 2.55 bits per heavy atom. The van der Waals surface area contributed by atoms with Gasteiger partial charge in [0.05, 0.1) is 12.1 Å². The van der Waals surface area contributed by atoms with Crippen LogP contribution in [0.2, 0.25) is 0 Å². The number of aromatic carboxylic acids is 1. The van der Waals surface area contributed by atoms with Crippen LogP contribution in [-0.2, 0) is 22.6 Å². The molecule has 0 unspecified atom stereocenters. The van der Waals surface area contributed by atoms with Gasteiger partial charge in [0.2, 0.25) is 5.89 Å². The number of rotatable bonds is 6. The van der Waals surface area contributed by atoms with Crippen molar-refractivity contribution in [3.8, 4) is 0 Å². The van der Waals surface area contributed by atoms with E-state index in [-0.39, 0.29) is 23.7 Å². The number of hydrogen-bond acceptors (Lipinski definition) is 6. The van der Waals surface area contributed by atoms with Gasteiger partial charge in [-0.15, -0.1) is 0 Å². The van der Waals surface area contributed by atoms with Gasteiger partial charge in [-0.25, -0.2) is 4.79 Å². The summed E-state index contributed by atoms with van der Waals surface area (Å²) in [4.78, 5) is 39.3. The lowest BCUT2D eigenvalue weighted by atomic mass is 10.1. The maximum Gasteiger partial charge on any atom is 0.335 e. The molecule has 0 aliphatic rings. The maximum atomic E-state index is 12.1. The van der Waals surface area contributed by atoms with E-state index >= 15 is 0 Å². The molecule has 3 rings (SSSR count). The van der Waals surface area contributed by atoms with Crippen LogP contribution in [0.15, 0.2) is 53.1 Å². The van der Waals surface area contributed by atoms with Crippen LogP contribution in [0.25, 0.3) is 0 Å². The first-order valence-corrected chi connectivity index (χ1v) is 8.71. The van der Waals surface area contributed by atoms with E-state index in [1.807, 2.05) is 30.3 Å². The first kappa shape index (κ1) is 19.7. The lowest BCUT2D eigenvalue weighted by molar-refractivity contribution is -0.136. The summed E-state index contributed by atoms with van der Waals surface area (Å²) < 4.78 is 5.07. The molecule has 0 saturated carbocycles. The highest BCUT2D eigenvalue weighted by Crippen LogP contribution is 2.17. The maximum absolute atomic E-state index is 12.1. The van der Waals surface area contributed by atoms with Crippen LogP contribution in [0.5, 0.6) is 0 Å².